The lowest BCUT2D eigenvalue weighted by atomic mass is 10.3. The highest BCUT2D eigenvalue weighted by Gasteiger charge is 2.17. The molecular weight excluding hydrogens is 220 g/mol. The first-order valence-corrected chi connectivity index (χ1v) is 7.06. The second-order valence-electron chi connectivity index (χ2n) is 4.55. The summed E-state index contributed by atoms with van der Waals surface area (Å²) in [5.74, 6) is 1.82. The van der Waals surface area contributed by atoms with Gasteiger partial charge in [-0.25, -0.2) is 4.98 Å². The molecular formula is C12H20N2OS. The third-order valence-electron chi connectivity index (χ3n) is 3.17. The fourth-order valence-electron chi connectivity index (χ4n) is 2.17. The Labute approximate surface area is 101 Å². The van der Waals surface area contributed by atoms with Crippen molar-refractivity contribution in [3.63, 3.8) is 0 Å². The van der Waals surface area contributed by atoms with Crippen LogP contribution in [0.4, 0.5) is 0 Å². The third-order valence-corrected chi connectivity index (χ3v) is 4.69. The molecule has 0 spiro atoms. The Morgan fingerprint density at radius 1 is 1.56 bits per heavy atom. The normalized spacial score (nSPS) is 19.1. The minimum atomic E-state index is -0.258. The molecule has 0 aliphatic heterocycles. The van der Waals surface area contributed by atoms with E-state index < -0.39 is 0 Å². The fourth-order valence-corrected chi connectivity index (χ4v) is 3.44. The molecule has 1 aliphatic carbocycles. The number of nitrogens with zero attached hydrogens (tertiary/aromatic N) is 2. The fraction of sp³-hybridized carbons (Fsp3) is 0.750. The summed E-state index contributed by atoms with van der Waals surface area (Å²) >= 11 is 1.93. The third kappa shape index (κ3) is 3.25. The molecule has 0 aromatic carbocycles. The van der Waals surface area contributed by atoms with Gasteiger partial charge in [0.15, 0.2) is 0 Å². The van der Waals surface area contributed by atoms with Crippen molar-refractivity contribution in [3.8, 4) is 0 Å². The lowest BCUT2D eigenvalue weighted by Crippen LogP contribution is -2.17. The maximum Gasteiger partial charge on any atom is 0.110 e. The molecule has 1 aromatic rings. The summed E-state index contributed by atoms with van der Waals surface area (Å²) < 4.78 is 1.98. The summed E-state index contributed by atoms with van der Waals surface area (Å²) in [5.41, 5.74) is 0. The number of aryl methyl sites for hydroxylation is 1. The molecule has 0 saturated heterocycles. The maximum atomic E-state index is 9.93. The molecule has 1 N–H and O–H groups in total. The van der Waals surface area contributed by atoms with Crippen LogP contribution in [-0.4, -0.2) is 31.8 Å². The predicted molar refractivity (Wildman–Crippen MR) is 67.6 cm³/mol. The first kappa shape index (κ1) is 12.0. The molecule has 90 valence electrons. The molecule has 1 aromatic heterocycles. The van der Waals surface area contributed by atoms with Crippen LogP contribution < -0.4 is 0 Å². The lowest BCUT2D eigenvalue weighted by Gasteiger charge is -2.13. The molecule has 0 radical (unpaired) electrons. The van der Waals surface area contributed by atoms with Crippen molar-refractivity contribution in [1.82, 2.24) is 9.55 Å². The Bertz CT molecular complexity index is 321. The van der Waals surface area contributed by atoms with Crippen LogP contribution in [0.25, 0.3) is 0 Å². The average Bonchev–Trinajstić information content (AvgIpc) is 2.88. The number of aliphatic hydroxyl groups is 1. The van der Waals surface area contributed by atoms with Crippen LogP contribution in [-0.2, 0) is 13.5 Å². The standard InChI is InChI=1S/C12H20N2OS/c1-14-7-6-13-12(14)8-10(15)9-16-11-4-2-3-5-11/h6-7,10-11,15H,2-5,8-9H2,1H3. The highest BCUT2D eigenvalue weighted by molar-refractivity contribution is 7.99. The van der Waals surface area contributed by atoms with Crippen molar-refractivity contribution in [3.05, 3.63) is 18.2 Å². The van der Waals surface area contributed by atoms with E-state index in [1.165, 1.54) is 25.7 Å². The van der Waals surface area contributed by atoms with E-state index in [-0.39, 0.29) is 6.10 Å². The van der Waals surface area contributed by atoms with Gasteiger partial charge in [-0.3, -0.25) is 0 Å². The van der Waals surface area contributed by atoms with Crippen molar-refractivity contribution in [2.24, 2.45) is 7.05 Å². The quantitative estimate of drug-likeness (QED) is 0.855. The summed E-state index contributed by atoms with van der Waals surface area (Å²) in [6.45, 7) is 0. The molecule has 1 heterocycles. The van der Waals surface area contributed by atoms with E-state index in [2.05, 4.69) is 4.98 Å². The number of rotatable bonds is 5. The topological polar surface area (TPSA) is 38.0 Å². The summed E-state index contributed by atoms with van der Waals surface area (Å²) in [4.78, 5) is 4.23. The number of hydrogen-bond donors (Lipinski definition) is 1. The van der Waals surface area contributed by atoms with Gasteiger partial charge in [-0.15, -0.1) is 0 Å². The van der Waals surface area contributed by atoms with E-state index in [9.17, 15) is 5.11 Å². The van der Waals surface area contributed by atoms with Crippen LogP contribution in [0.2, 0.25) is 0 Å². The van der Waals surface area contributed by atoms with Gasteiger partial charge in [-0.2, -0.15) is 11.8 Å². The number of hydrogen-bond acceptors (Lipinski definition) is 3. The Morgan fingerprint density at radius 2 is 2.31 bits per heavy atom. The zero-order valence-corrected chi connectivity index (χ0v) is 10.6. The molecule has 1 saturated carbocycles. The highest BCUT2D eigenvalue weighted by Crippen LogP contribution is 2.29. The van der Waals surface area contributed by atoms with E-state index in [0.29, 0.717) is 6.42 Å². The van der Waals surface area contributed by atoms with Crippen molar-refractivity contribution < 1.29 is 5.11 Å². The van der Waals surface area contributed by atoms with Gasteiger partial charge in [-0.05, 0) is 12.8 Å². The number of aromatic nitrogens is 2. The Kier molecular flexibility index (Phi) is 4.29. The van der Waals surface area contributed by atoms with Crippen LogP contribution >= 0.6 is 11.8 Å². The second-order valence-corrected chi connectivity index (χ2v) is 5.89. The Morgan fingerprint density at radius 3 is 2.94 bits per heavy atom. The molecule has 2 rings (SSSR count). The number of imidazole rings is 1. The predicted octanol–water partition coefficient (Wildman–Crippen LogP) is 2.00. The van der Waals surface area contributed by atoms with E-state index in [1.54, 1.807) is 6.20 Å². The molecule has 4 heteroatoms. The molecule has 1 aliphatic rings. The largest absolute Gasteiger partial charge is 0.392 e. The SMILES string of the molecule is Cn1ccnc1CC(O)CSC1CCCC1. The Hall–Kier alpha value is -0.480. The molecule has 1 fully saturated rings. The van der Waals surface area contributed by atoms with Gasteiger partial charge < -0.3 is 9.67 Å². The van der Waals surface area contributed by atoms with Crippen molar-refractivity contribution >= 4 is 11.8 Å². The summed E-state index contributed by atoms with van der Waals surface area (Å²) in [7, 11) is 1.97. The molecule has 0 amide bonds. The van der Waals surface area contributed by atoms with Crippen molar-refractivity contribution in [2.75, 3.05) is 5.75 Å². The molecule has 3 nitrogen and oxygen atoms in total. The van der Waals surface area contributed by atoms with E-state index in [0.717, 1.165) is 16.8 Å². The van der Waals surface area contributed by atoms with Gasteiger partial charge in [0.25, 0.3) is 0 Å². The minimum Gasteiger partial charge on any atom is -0.392 e. The maximum absolute atomic E-state index is 9.93. The summed E-state index contributed by atoms with van der Waals surface area (Å²) in [5, 5.41) is 10.7. The van der Waals surface area contributed by atoms with Crippen LogP contribution in [0.1, 0.15) is 31.5 Å². The molecule has 0 bridgehead atoms. The van der Waals surface area contributed by atoms with Gasteiger partial charge in [-0.1, -0.05) is 12.8 Å². The first-order chi connectivity index (χ1) is 7.75. The van der Waals surface area contributed by atoms with Gasteiger partial charge >= 0.3 is 0 Å². The van der Waals surface area contributed by atoms with Gasteiger partial charge in [0, 0.05) is 36.9 Å². The van der Waals surface area contributed by atoms with Crippen LogP contribution in [0, 0.1) is 0 Å². The number of thioether (sulfide) groups is 1. The smallest absolute Gasteiger partial charge is 0.110 e. The second kappa shape index (κ2) is 5.73. The van der Waals surface area contributed by atoms with Crippen molar-refractivity contribution in [1.29, 1.82) is 0 Å². The van der Waals surface area contributed by atoms with Gasteiger partial charge in [0.05, 0.1) is 6.10 Å². The van der Waals surface area contributed by atoms with Crippen LogP contribution in [0.15, 0.2) is 12.4 Å². The lowest BCUT2D eigenvalue weighted by molar-refractivity contribution is 0.196. The molecule has 16 heavy (non-hydrogen) atoms. The van der Waals surface area contributed by atoms with Gasteiger partial charge in [0.2, 0.25) is 0 Å². The monoisotopic (exact) mass is 240 g/mol. The van der Waals surface area contributed by atoms with Crippen LogP contribution in [0.5, 0.6) is 0 Å². The summed E-state index contributed by atoms with van der Waals surface area (Å²) in [6, 6.07) is 0. The zero-order chi connectivity index (χ0) is 11.4. The zero-order valence-electron chi connectivity index (χ0n) is 9.80. The van der Waals surface area contributed by atoms with Crippen LogP contribution in [0.3, 0.4) is 0 Å². The van der Waals surface area contributed by atoms with E-state index >= 15 is 0 Å². The number of aliphatic hydroxyl groups excluding tert-OH is 1. The highest BCUT2D eigenvalue weighted by atomic mass is 32.2. The summed E-state index contributed by atoms with van der Waals surface area (Å²) in [6.07, 6.45) is 9.52. The molecule has 1 atom stereocenters. The van der Waals surface area contributed by atoms with Crippen molar-refractivity contribution in [2.45, 2.75) is 43.5 Å². The Balaban J connectivity index is 1.71. The minimum absolute atomic E-state index is 0.258. The van der Waals surface area contributed by atoms with E-state index in [1.807, 2.05) is 29.6 Å². The first-order valence-electron chi connectivity index (χ1n) is 6.01. The molecule has 1 unspecified atom stereocenters. The van der Waals surface area contributed by atoms with Gasteiger partial charge in [0.1, 0.15) is 5.82 Å². The van der Waals surface area contributed by atoms with E-state index in [4.69, 9.17) is 0 Å². The average molecular weight is 240 g/mol.